The average molecular weight is 427 g/mol. The van der Waals surface area contributed by atoms with Gasteiger partial charge in [-0.2, -0.15) is 0 Å². The smallest absolute Gasteiger partial charge is 0.0594 e. The van der Waals surface area contributed by atoms with Crippen molar-refractivity contribution in [3.63, 3.8) is 0 Å². The Bertz CT molecular complexity index is 734. The van der Waals surface area contributed by atoms with Crippen molar-refractivity contribution >= 4 is 0 Å². The number of hydrogen-bond acceptors (Lipinski definition) is 1. The minimum atomic E-state index is -0.125. The molecule has 0 amide bonds. The van der Waals surface area contributed by atoms with E-state index in [4.69, 9.17) is 0 Å². The van der Waals surface area contributed by atoms with E-state index < -0.39 is 0 Å². The van der Waals surface area contributed by atoms with Crippen molar-refractivity contribution in [3.05, 3.63) is 34.9 Å². The summed E-state index contributed by atoms with van der Waals surface area (Å²) in [4.78, 5) is 0. The maximum atomic E-state index is 10.7. The first kappa shape index (κ1) is 24.8. The monoisotopic (exact) mass is 426 g/mol. The molecule has 0 aromatic carbocycles. The molecule has 6 atom stereocenters. The molecule has 0 aromatic heterocycles. The minimum Gasteiger partial charge on any atom is -0.393 e. The van der Waals surface area contributed by atoms with E-state index >= 15 is 0 Å². The summed E-state index contributed by atoms with van der Waals surface area (Å²) in [6, 6.07) is 0. The van der Waals surface area contributed by atoms with Crippen LogP contribution in [-0.4, -0.2) is 11.2 Å². The lowest BCUT2D eigenvalue weighted by Crippen LogP contribution is -2.58. The van der Waals surface area contributed by atoms with Crippen LogP contribution in [0.4, 0.5) is 0 Å². The van der Waals surface area contributed by atoms with E-state index in [-0.39, 0.29) is 11.5 Å². The summed E-state index contributed by atoms with van der Waals surface area (Å²) >= 11 is 0. The molecule has 1 N–H and O–H groups in total. The third-order valence-electron chi connectivity index (χ3n) is 10.2. The molecule has 0 spiro atoms. The summed E-state index contributed by atoms with van der Waals surface area (Å²) in [5.41, 5.74) is 5.47. The first-order valence-corrected chi connectivity index (χ1v) is 13.1. The van der Waals surface area contributed by atoms with E-state index in [0.717, 1.165) is 24.7 Å². The molecular formula is C30H50O. The van der Waals surface area contributed by atoms with Gasteiger partial charge in [-0.1, -0.05) is 62.6 Å². The Kier molecular flexibility index (Phi) is 7.37. The Balaban J connectivity index is 1.70. The predicted octanol–water partition coefficient (Wildman–Crippen LogP) is 8.65. The molecule has 0 bridgehead atoms. The van der Waals surface area contributed by atoms with Gasteiger partial charge in [0.15, 0.2) is 0 Å². The topological polar surface area (TPSA) is 20.2 Å². The van der Waals surface area contributed by atoms with Crippen LogP contribution in [0.2, 0.25) is 0 Å². The Morgan fingerprint density at radius 3 is 2.16 bits per heavy atom. The zero-order valence-corrected chi connectivity index (χ0v) is 21.9. The van der Waals surface area contributed by atoms with Crippen molar-refractivity contribution in [1.82, 2.24) is 0 Å². The normalized spacial score (nSPS) is 40.3. The second-order valence-electron chi connectivity index (χ2n) is 12.7. The summed E-state index contributed by atoms with van der Waals surface area (Å²) in [5.74, 6) is 2.21. The maximum Gasteiger partial charge on any atom is 0.0594 e. The van der Waals surface area contributed by atoms with Gasteiger partial charge in [-0.05, 0) is 119 Å². The Hall–Kier alpha value is -0.820. The molecule has 0 saturated heterocycles. The molecule has 3 aliphatic carbocycles. The molecule has 3 aliphatic rings. The van der Waals surface area contributed by atoms with Gasteiger partial charge in [-0.3, -0.25) is 0 Å². The van der Waals surface area contributed by atoms with Gasteiger partial charge in [-0.25, -0.2) is 0 Å². The quantitative estimate of drug-likeness (QED) is 0.421. The summed E-state index contributed by atoms with van der Waals surface area (Å²) in [6.07, 6.45) is 18.2. The van der Waals surface area contributed by atoms with Crippen molar-refractivity contribution in [3.8, 4) is 0 Å². The van der Waals surface area contributed by atoms with Crippen LogP contribution >= 0.6 is 0 Å². The van der Waals surface area contributed by atoms with Crippen LogP contribution in [0.3, 0.4) is 0 Å². The highest BCUT2D eigenvalue weighted by Gasteiger charge is 2.63. The summed E-state index contributed by atoms with van der Waals surface area (Å²) in [5, 5.41) is 10.7. The SMILES string of the molecule is CC(C)=CCC/C(C)=C/C/C=C(\C)[C@@H]1CC[C@H]2[C@@]1(C)CC[C@H]1C(C)(C)[C@@H](O)CC[C@]21C. The number of aliphatic hydroxyl groups is 1. The zero-order valence-electron chi connectivity index (χ0n) is 21.9. The van der Waals surface area contributed by atoms with Crippen LogP contribution in [-0.2, 0) is 0 Å². The van der Waals surface area contributed by atoms with Gasteiger partial charge in [0.05, 0.1) is 6.10 Å². The molecule has 0 heterocycles. The van der Waals surface area contributed by atoms with E-state index in [1.807, 2.05) is 0 Å². The molecule has 0 aliphatic heterocycles. The van der Waals surface area contributed by atoms with Gasteiger partial charge in [-0.15, -0.1) is 0 Å². The van der Waals surface area contributed by atoms with Gasteiger partial charge in [0.25, 0.3) is 0 Å². The minimum absolute atomic E-state index is 0.0606. The van der Waals surface area contributed by atoms with Gasteiger partial charge >= 0.3 is 0 Å². The van der Waals surface area contributed by atoms with E-state index in [9.17, 15) is 5.11 Å². The van der Waals surface area contributed by atoms with Crippen LogP contribution < -0.4 is 0 Å². The van der Waals surface area contributed by atoms with Crippen molar-refractivity contribution in [2.45, 2.75) is 119 Å². The molecule has 3 saturated carbocycles. The number of hydrogen-bond donors (Lipinski definition) is 1. The maximum absolute atomic E-state index is 10.7. The Morgan fingerprint density at radius 2 is 1.48 bits per heavy atom. The lowest BCUT2D eigenvalue weighted by atomic mass is 9.42. The van der Waals surface area contributed by atoms with Gasteiger partial charge in [0.1, 0.15) is 0 Å². The lowest BCUT2D eigenvalue weighted by Gasteiger charge is -2.63. The standard InChI is InChI=1S/C30H50O/c1-21(2)11-9-12-22(3)13-10-14-23(4)24-15-16-26-29(24,7)19-17-25-28(5,6)27(31)18-20-30(25,26)8/h11,13-14,24-27,31H,9-10,12,15-20H2,1-8H3/b22-13+,23-14+/t24-,25-,26-,27-,29-,30-/m0/s1. The first-order valence-electron chi connectivity index (χ1n) is 13.1. The molecule has 0 radical (unpaired) electrons. The number of allylic oxidation sites excluding steroid dienone is 6. The van der Waals surface area contributed by atoms with Crippen molar-refractivity contribution < 1.29 is 5.11 Å². The fourth-order valence-electron chi connectivity index (χ4n) is 8.34. The molecular weight excluding hydrogens is 376 g/mol. The predicted molar refractivity (Wildman–Crippen MR) is 135 cm³/mol. The average Bonchev–Trinajstić information content (AvgIpc) is 3.03. The van der Waals surface area contributed by atoms with Gasteiger partial charge in [0, 0.05) is 0 Å². The third-order valence-corrected chi connectivity index (χ3v) is 10.2. The molecule has 31 heavy (non-hydrogen) atoms. The van der Waals surface area contributed by atoms with Crippen molar-refractivity contribution in [2.24, 2.45) is 34.0 Å². The van der Waals surface area contributed by atoms with E-state index in [1.54, 1.807) is 5.57 Å². The van der Waals surface area contributed by atoms with E-state index in [0.29, 0.717) is 16.7 Å². The largest absolute Gasteiger partial charge is 0.393 e. The Labute approximate surface area is 193 Å². The van der Waals surface area contributed by atoms with Crippen LogP contribution in [0.1, 0.15) is 113 Å². The molecule has 0 unspecified atom stereocenters. The van der Waals surface area contributed by atoms with Crippen molar-refractivity contribution in [2.75, 3.05) is 0 Å². The first-order chi connectivity index (χ1) is 14.4. The fraction of sp³-hybridized carbons (Fsp3) is 0.800. The van der Waals surface area contributed by atoms with Crippen LogP contribution in [0.5, 0.6) is 0 Å². The van der Waals surface area contributed by atoms with E-state index in [2.05, 4.69) is 73.6 Å². The molecule has 0 aromatic rings. The number of fused-ring (bicyclic) bond motifs is 3. The second-order valence-corrected chi connectivity index (χ2v) is 12.7. The van der Waals surface area contributed by atoms with Gasteiger partial charge in [0.2, 0.25) is 0 Å². The highest BCUT2D eigenvalue weighted by atomic mass is 16.3. The zero-order chi connectivity index (χ0) is 23.0. The van der Waals surface area contributed by atoms with E-state index in [1.165, 1.54) is 56.1 Å². The summed E-state index contributed by atoms with van der Waals surface area (Å²) in [6.45, 7) is 19.0. The highest BCUT2D eigenvalue weighted by Crippen LogP contribution is 2.70. The van der Waals surface area contributed by atoms with Crippen molar-refractivity contribution in [1.29, 1.82) is 0 Å². The highest BCUT2D eigenvalue weighted by molar-refractivity contribution is 5.20. The second kappa shape index (κ2) is 9.20. The lowest BCUT2D eigenvalue weighted by molar-refractivity contribution is -0.166. The number of aliphatic hydroxyl groups excluding tert-OH is 1. The summed E-state index contributed by atoms with van der Waals surface area (Å²) < 4.78 is 0. The van der Waals surface area contributed by atoms with Gasteiger partial charge < -0.3 is 5.11 Å². The third kappa shape index (κ3) is 4.64. The number of rotatable bonds is 6. The molecule has 176 valence electrons. The fourth-order valence-corrected chi connectivity index (χ4v) is 8.34. The van der Waals surface area contributed by atoms with Crippen LogP contribution in [0, 0.1) is 34.0 Å². The Morgan fingerprint density at radius 1 is 0.806 bits per heavy atom. The summed E-state index contributed by atoms with van der Waals surface area (Å²) in [7, 11) is 0. The van der Waals surface area contributed by atoms with Crippen LogP contribution in [0.25, 0.3) is 0 Å². The molecule has 1 heteroatoms. The molecule has 3 rings (SSSR count). The molecule has 1 nitrogen and oxygen atoms in total. The molecule has 3 fully saturated rings. The van der Waals surface area contributed by atoms with Crippen LogP contribution in [0.15, 0.2) is 34.9 Å².